The molecule has 1 N–H and O–H groups in total. The maximum Gasteiger partial charge on any atom is 0.419 e. The molecule has 2 aliphatic rings. The number of aromatic nitrogens is 2. The Kier molecular flexibility index (Phi) is 6.44. The third-order valence-corrected chi connectivity index (χ3v) is 6.68. The lowest BCUT2D eigenvalue weighted by Gasteiger charge is -2.40. The zero-order valence-corrected chi connectivity index (χ0v) is 20.1. The molecular weight excluding hydrogens is 468 g/mol. The van der Waals surface area contributed by atoms with Crippen LogP contribution in [-0.4, -0.2) is 47.5 Å². The van der Waals surface area contributed by atoms with Crippen LogP contribution in [0.1, 0.15) is 32.7 Å². The quantitative estimate of drug-likeness (QED) is 0.578. The predicted octanol–water partition coefficient (Wildman–Crippen LogP) is 4.51. The van der Waals surface area contributed by atoms with E-state index >= 15 is 0 Å². The number of ether oxygens (including phenoxy) is 1. The molecule has 0 spiro atoms. The van der Waals surface area contributed by atoms with Crippen LogP contribution >= 0.6 is 0 Å². The first-order chi connectivity index (χ1) is 17.3. The van der Waals surface area contributed by atoms with Crippen molar-refractivity contribution in [3.8, 4) is 16.9 Å². The van der Waals surface area contributed by atoms with Gasteiger partial charge >= 0.3 is 6.09 Å². The molecule has 0 aliphatic carbocycles. The van der Waals surface area contributed by atoms with E-state index in [2.05, 4.69) is 10.4 Å². The van der Waals surface area contributed by atoms with Crippen LogP contribution in [0.3, 0.4) is 0 Å². The van der Waals surface area contributed by atoms with Gasteiger partial charge in [-0.15, -0.1) is 0 Å². The number of piperidine rings is 1. The molecule has 188 valence electrons. The molecule has 1 saturated heterocycles. The van der Waals surface area contributed by atoms with Gasteiger partial charge in [0, 0.05) is 31.3 Å². The summed E-state index contributed by atoms with van der Waals surface area (Å²) in [5.74, 6) is -2.27. The smallest absolute Gasteiger partial charge is 0.407 e. The van der Waals surface area contributed by atoms with E-state index in [0.717, 1.165) is 49.2 Å². The molecule has 0 radical (unpaired) electrons. The highest BCUT2D eigenvalue weighted by molar-refractivity contribution is 6.03. The normalized spacial score (nSPS) is 18.2. The Balaban J connectivity index is 1.49. The van der Waals surface area contributed by atoms with E-state index in [1.165, 1.54) is 11.8 Å². The highest BCUT2D eigenvalue weighted by atomic mass is 19.1. The standard InChI is InChI=1S/C26H27F2N5O3/c1-16-14-31(26(35)36-25-6-4-20(27)12-22(25)28)24-11-18(3-5-23(24)33(16)17(2)34)19-13-30-32(15-19)21-7-9-29-10-8-21/h3-6,11-13,15-16,21,29H,7-10,14H2,1-2H3. The number of nitrogens with zero attached hydrogens (tertiary/aromatic N) is 4. The minimum atomic E-state index is -0.974. The molecule has 2 amide bonds. The van der Waals surface area contributed by atoms with Gasteiger partial charge in [-0.25, -0.2) is 13.6 Å². The zero-order valence-electron chi connectivity index (χ0n) is 20.1. The first-order valence-electron chi connectivity index (χ1n) is 12.0. The number of carbonyl (C=O) groups is 2. The van der Waals surface area contributed by atoms with Gasteiger partial charge in [-0.1, -0.05) is 6.07 Å². The minimum absolute atomic E-state index is 0.145. The molecule has 1 unspecified atom stereocenters. The van der Waals surface area contributed by atoms with Crippen molar-refractivity contribution in [3.05, 3.63) is 60.4 Å². The van der Waals surface area contributed by atoms with Crippen molar-refractivity contribution in [2.45, 2.75) is 38.8 Å². The van der Waals surface area contributed by atoms with Crippen LogP contribution in [0, 0.1) is 11.6 Å². The zero-order chi connectivity index (χ0) is 25.4. The van der Waals surface area contributed by atoms with Crippen molar-refractivity contribution in [1.82, 2.24) is 15.1 Å². The molecule has 10 heteroatoms. The van der Waals surface area contributed by atoms with Gasteiger partial charge in [0.05, 0.1) is 29.7 Å². The van der Waals surface area contributed by atoms with E-state index in [9.17, 15) is 18.4 Å². The number of fused-ring (bicyclic) bond motifs is 1. The number of nitrogens with one attached hydrogen (secondary N) is 1. The number of rotatable bonds is 3. The third-order valence-electron chi connectivity index (χ3n) is 6.68. The molecule has 0 bridgehead atoms. The fourth-order valence-electron chi connectivity index (χ4n) is 4.92. The lowest BCUT2D eigenvalue weighted by atomic mass is 10.0. The Morgan fingerprint density at radius 2 is 1.83 bits per heavy atom. The molecule has 1 atom stereocenters. The summed E-state index contributed by atoms with van der Waals surface area (Å²) in [4.78, 5) is 28.6. The summed E-state index contributed by atoms with van der Waals surface area (Å²) in [5, 5.41) is 7.91. The summed E-state index contributed by atoms with van der Waals surface area (Å²) < 4.78 is 34.7. The van der Waals surface area contributed by atoms with Gasteiger partial charge in [-0.05, 0) is 62.7 Å². The molecule has 3 aromatic rings. The van der Waals surface area contributed by atoms with Crippen LogP contribution in [0.15, 0.2) is 48.8 Å². The fourth-order valence-corrected chi connectivity index (χ4v) is 4.92. The molecule has 8 nitrogen and oxygen atoms in total. The summed E-state index contributed by atoms with van der Waals surface area (Å²) >= 11 is 0. The second-order valence-corrected chi connectivity index (χ2v) is 9.19. The van der Waals surface area contributed by atoms with Crippen LogP contribution in [0.2, 0.25) is 0 Å². The van der Waals surface area contributed by atoms with Crippen LogP contribution in [0.4, 0.5) is 25.0 Å². The van der Waals surface area contributed by atoms with Crippen molar-refractivity contribution in [1.29, 1.82) is 0 Å². The largest absolute Gasteiger partial charge is 0.419 e. The van der Waals surface area contributed by atoms with E-state index in [0.29, 0.717) is 23.5 Å². The van der Waals surface area contributed by atoms with E-state index in [4.69, 9.17) is 4.74 Å². The van der Waals surface area contributed by atoms with Gasteiger partial charge in [0.25, 0.3) is 0 Å². The summed E-state index contributed by atoms with van der Waals surface area (Å²) in [6, 6.07) is 8.23. The van der Waals surface area contributed by atoms with E-state index < -0.39 is 17.7 Å². The maximum absolute atomic E-state index is 14.2. The van der Waals surface area contributed by atoms with Crippen molar-refractivity contribution in [3.63, 3.8) is 0 Å². The lowest BCUT2D eigenvalue weighted by Crippen LogP contribution is -2.52. The number of carbonyl (C=O) groups excluding carboxylic acids is 2. The van der Waals surface area contributed by atoms with Crippen LogP contribution < -0.4 is 19.9 Å². The van der Waals surface area contributed by atoms with Gasteiger partial charge in [-0.2, -0.15) is 5.10 Å². The Hall–Kier alpha value is -3.79. The Morgan fingerprint density at radius 3 is 2.56 bits per heavy atom. The van der Waals surface area contributed by atoms with E-state index in [1.54, 1.807) is 17.2 Å². The molecule has 36 heavy (non-hydrogen) atoms. The summed E-state index contributed by atoms with van der Waals surface area (Å²) in [6.07, 6.45) is 4.95. The van der Waals surface area contributed by atoms with Gasteiger partial charge in [0.15, 0.2) is 11.6 Å². The third kappa shape index (κ3) is 4.56. The van der Waals surface area contributed by atoms with Crippen molar-refractivity contribution in [2.75, 3.05) is 29.4 Å². The van der Waals surface area contributed by atoms with E-state index in [-0.39, 0.29) is 24.2 Å². The number of anilines is 2. The van der Waals surface area contributed by atoms with Crippen LogP contribution in [0.5, 0.6) is 5.75 Å². The number of halogens is 2. The van der Waals surface area contributed by atoms with Gasteiger partial charge in [0.2, 0.25) is 5.91 Å². The minimum Gasteiger partial charge on any atom is -0.407 e. The maximum atomic E-state index is 14.2. The Morgan fingerprint density at radius 1 is 1.06 bits per heavy atom. The highest BCUT2D eigenvalue weighted by Crippen LogP contribution is 2.39. The molecule has 5 rings (SSSR count). The average Bonchev–Trinajstić information content (AvgIpc) is 3.35. The first kappa shape index (κ1) is 23.9. The SMILES string of the molecule is CC(=O)N1c2ccc(-c3cnn(C4CCNCC4)c3)cc2N(C(=O)Oc2ccc(F)cc2F)CC1C. The summed E-state index contributed by atoms with van der Waals surface area (Å²) in [7, 11) is 0. The fraction of sp³-hybridized carbons (Fsp3) is 0.346. The molecule has 2 aromatic carbocycles. The summed E-state index contributed by atoms with van der Waals surface area (Å²) in [6.45, 7) is 5.33. The monoisotopic (exact) mass is 495 g/mol. The second-order valence-electron chi connectivity index (χ2n) is 9.19. The predicted molar refractivity (Wildman–Crippen MR) is 131 cm³/mol. The van der Waals surface area contributed by atoms with Crippen LogP contribution in [0.25, 0.3) is 11.1 Å². The van der Waals surface area contributed by atoms with Crippen LogP contribution in [-0.2, 0) is 4.79 Å². The Bertz CT molecular complexity index is 1300. The molecule has 1 fully saturated rings. The van der Waals surface area contributed by atoms with Gasteiger partial charge in [0.1, 0.15) is 5.82 Å². The average molecular weight is 496 g/mol. The van der Waals surface area contributed by atoms with Gasteiger partial charge in [-0.3, -0.25) is 14.4 Å². The van der Waals surface area contributed by atoms with Gasteiger partial charge < -0.3 is 15.0 Å². The first-order valence-corrected chi connectivity index (χ1v) is 12.0. The topological polar surface area (TPSA) is 79.7 Å². The molecule has 0 saturated carbocycles. The van der Waals surface area contributed by atoms with Crippen molar-refractivity contribution < 1.29 is 23.1 Å². The van der Waals surface area contributed by atoms with Crippen molar-refractivity contribution >= 4 is 23.4 Å². The second kappa shape index (κ2) is 9.69. The highest BCUT2D eigenvalue weighted by Gasteiger charge is 2.35. The Labute approximate surface area is 207 Å². The number of hydrogen-bond acceptors (Lipinski definition) is 5. The van der Waals surface area contributed by atoms with E-state index in [1.807, 2.05) is 29.9 Å². The summed E-state index contributed by atoms with van der Waals surface area (Å²) in [5.41, 5.74) is 2.70. The molecule has 2 aliphatic heterocycles. The molecular formula is C26H27F2N5O3. The molecule has 3 heterocycles. The molecule has 1 aromatic heterocycles. The van der Waals surface area contributed by atoms with Crippen molar-refractivity contribution in [2.24, 2.45) is 0 Å². The number of benzene rings is 2. The number of amides is 2. The lowest BCUT2D eigenvalue weighted by molar-refractivity contribution is -0.117. The number of hydrogen-bond donors (Lipinski definition) is 1.